The summed E-state index contributed by atoms with van der Waals surface area (Å²) in [5, 5.41) is 7.54. The molecular formula is C20H24BrN3O2. The molecular weight excluding hydrogens is 394 g/mol. The molecule has 1 aliphatic carbocycles. The van der Waals surface area contributed by atoms with Gasteiger partial charge in [0.05, 0.1) is 12.8 Å². The molecule has 0 spiro atoms. The zero-order chi connectivity index (χ0) is 18.5. The van der Waals surface area contributed by atoms with Crippen LogP contribution in [0.4, 0.5) is 0 Å². The first-order valence-corrected chi connectivity index (χ1v) is 10.2. The third kappa shape index (κ3) is 3.90. The Morgan fingerprint density at radius 2 is 2.04 bits per heavy atom. The summed E-state index contributed by atoms with van der Waals surface area (Å²) < 4.78 is 7.15. The second kappa shape index (κ2) is 8.62. The Kier molecular flexibility index (Phi) is 6.25. The number of hydrogen-bond donors (Lipinski definition) is 0. The van der Waals surface area contributed by atoms with E-state index in [1.807, 2.05) is 6.07 Å². The van der Waals surface area contributed by atoms with E-state index < -0.39 is 0 Å². The van der Waals surface area contributed by atoms with Crippen LogP contribution < -0.4 is 16.1 Å². The maximum atomic E-state index is 12.1. The van der Waals surface area contributed by atoms with Gasteiger partial charge >= 0.3 is 0 Å². The number of ether oxygens (including phenoxy) is 1. The van der Waals surface area contributed by atoms with E-state index in [1.165, 1.54) is 0 Å². The van der Waals surface area contributed by atoms with Crippen LogP contribution in [0, 0.1) is 0 Å². The number of alkyl halides is 1. The molecule has 26 heavy (non-hydrogen) atoms. The van der Waals surface area contributed by atoms with Crippen LogP contribution in [0.3, 0.4) is 0 Å². The van der Waals surface area contributed by atoms with E-state index in [0.29, 0.717) is 6.54 Å². The molecule has 0 atom stereocenters. The van der Waals surface area contributed by atoms with Crippen LogP contribution in [0.5, 0.6) is 0 Å². The average molecular weight is 418 g/mol. The second-order valence-corrected chi connectivity index (χ2v) is 7.13. The molecule has 0 aromatic carbocycles. The molecule has 1 aliphatic rings. The lowest BCUT2D eigenvalue weighted by atomic mass is 9.97. The van der Waals surface area contributed by atoms with Gasteiger partial charge in [0.1, 0.15) is 11.1 Å². The minimum Gasteiger partial charge on any atom is -0.499 e. The molecule has 0 amide bonds. The third-order valence-corrected chi connectivity index (χ3v) is 5.24. The normalized spacial score (nSPS) is 13.7. The van der Waals surface area contributed by atoms with Crippen molar-refractivity contribution in [3.8, 4) is 0 Å². The van der Waals surface area contributed by atoms with Crippen molar-refractivity contribution in [2.45, 2.75) is 45.6 Å². The van der Waals surface area contributed by atoms with E-state index in [-0.39, 0.29) is 5.56 Å². The number of fused-ring (bicyclic) bond motifs is 1. The molecule has 0 N–H and O–H groups in total. The number of halogens is 1. The van der Waals surface area contributed by atoms with Crippen molar-refractivity contribution in [2.24, 2.45) is 0 Å². The Balaban J connectivity index is 2.13. The molecule has 2 aromatic rings. The second-order valence-electron chi connectivity index (χ2n) is 6.33. The van der Waals surface area contributed by atoms with E-state index in [9.17, 15) is 4.79 Å². The molecule has 3 rings (SSSR count). The lowest BCUT2D eigenvalue weighted by Crippen LogP contribution is -2.37. The Morgan fingerprint density at radius 1 is 1.19 bits per heavy atom. The van der Waals surface area contributed by atoms with Crippen molar-refractivity contribution in [1.82, 2.24) is 14.8 Å². The van der Waals surface area contributed by atoms with E-state index in [1.54, 1.807) is 17.9 Å². The number of hydrogen-bond acceptors (Lipinski definition) is 4. The van der Waals surface area contributed by atoms with Gasteiger partial charge < -0.3 is 4.74 Å². The van der Waals surface area contributed by atoms with Crippen LogP contribution in [0.1, 0.15) is 44.0 Å². The summed E-state index contributed by atoms with van der Waals surface area (Å²) in [5.74, 6) is 0.921. The van der Waals surface area contributed by atoms with Crippen LogP contribution in [-0.2, 0) is 17.7 Å². The quantitative estimate of drug-likeness (QED) is 0.511. The highest BCUT2D eigenvalue weighted by molar-refractivity contribution is 9.09. The Bertz CT molecular complexity index is 966. The molecule has 0 unspecified atom stereocenters. The summed E-state index contributed by atoms with van der Waals surface area (Å²) >= 11 is 3.43. The molecule has 138 valence electrons. The van der Waals surface area contributed by atoms with Gasteiger partial charge in [0.25, 0.3) is 5.56 Å². The topological polar surface area (TPSA) is 57.0 Å². The highest BCUT2D eigenvalue weighted by Crippen LogP contribution is 2.20. The minimum absolute atomic E-state index is 0.0523. The van der Waals surface area contributed by atoms with Gasteiger partial charge in [-0.1, -0.05) is 28.9 Å². The fourth-order valence-electron chi connectivity index (χ4n) is 3.24. The summed E-state index contributed by atoms with van der Waals surface area (Å²) in [4.78, 5) is 16.9. The van der Waals surface area contributed by atoms with Gasteiger partial charge in [0.2, 0.25) is 0 Å². The van der Waals surface area contributed by atoms with Gasteiger partial charge in [0, 0.05) is 35.3 Å². The third-order valence-electron chi connectivity index (χ3n) is 4.68. The molecule has 0 saturated heterocycles. The highest BCUT2D eigenvalue weighted by atomic mass is 79.9. The van der Waals surface area contributed by atoms with Gasteiger partial charge in [-0.15, -0.1) is 0 Å². The fraction of sp³-hybridized carbons (Fsp3) is 0.450. The minimum atomic E-state index is -0.0523. The van der Waals surface area contributed by atoms with Crippen LogP contribution in [0.25, 0.3) is 11.3 Å². The maximum absolute atomic E-state index is 12.1. The number of rotatable bonds is 7. The van der Waals surface area contributed by atoms with Crippen molar-refractivity contribution in [2.75, 3.05) is 12.4 Å². The summed E-state index contributed by atoms with van der Waals surface area (Å²) in [6.45, 7) is 2.74. The van der Waals surface area contributed by atoms with Crippen molar-refractivity contribution in [1.29, 1.82) is 0 Å². The van der Waals surface area contributed by atoms with Crippen LogP contribution in [0.15, 0.2) is 29.1 Å². The van der Waals surface area contributed by atoms with E-state index in [0.717, 1.165) is 70.7 Å². The van der Waals surface area contributed by atoms with Crippen molar-refractivity contribution >= 4 is 27.3 Å². The fourth-order valence-corrected chi connectivity index (χ4v) is 3.63. The molecule has 2 aromatic heterocycles. The molecule has 0 saturated carbocycles. The Hall–Kier alpha value is -1.95. The lowest BCUT2D eigenvalue weighted by Gasteiger charge is -2.16. The monoisotopic (exact) mass is 417 g/mol. The number of nitrogens with zero attached hydrogens (tertiary/aromatic N) is 3. The highest BCUT2D eigenvalue weighted by Gasteiger charge is 2.16. The largest absolute Gasteiger partial charge is 0.499 e. The Labute approximate surface area is 161 Å². The predicted octanol–water partition coefficient (Wildman–Crippen LogP) is 2.12. The summed E-state index contributed by atoms with van der Waals surface area (Å²) in [6.07, 6.45) is 4.46. The van der Waals surface area contributed by atoms with Crippen LogP contribution in [-0.4, -0.2) is 27.2 Å². The van der Waals surface area contributed by atoms with Crippen molar-refractivity contribution < 1.29 is 4.74 Å². The standard InChI is InChI=1S/C20H24BrN3O2/c1-3-14-6-7-16-15(8-10-18(26-2)20(16)22-14)17-9-11-19(25)24(23-17)13-5-4-12-21/h6-7,9,11H,3-5,8,10,12-13H2,1-2H3. The van der Waals surface area contributed by atoms with E-state index in [4.69, 9.17) is 9.72 Å². The molecule has 5 nitrogen and oxygen atoms in total. The van der Waals surface area contributed by atoms with E-state index >= 15 is 0 Å². The van der Waals surface area contributed by atoms with Gasteiger partial charge in [-0.2, -0.15) is 5.10 Å². The molecule has 0 fully saturated rings. The molecule has 0 bridgehead atoms. The number of methoxy groups -OCH3 is 1. The van der Waals surface area contributed by atoms with Crippen molar-refractivity contribution in [3.63, 3.8) is 0 Å². The summed E-state index contributed by atoms with van der Waals surface area (Å²) in [6, 6.07) is 7.61. The van der Waals surface area contributed by atoms with Gasteiger partial charge in [-0.3, -0.25) is 4.79 Å². The Morgan fingerprint density at radius 3 is 2.77 bits per heavy atom. The number of pyridine rings is 1. The molecule has 0 aliphatic heterocycles. The predicted molar refractivity (Wildman–Crippen MR) is 107 cm³/mol. The van der Waals surface area contributed by atoms with Crippen LogP contribution in [0.2, 0.25) is 0 Å². The average Bonchev–Trinajstić information content (AvgIpc) is 2.68. The first-order chi connectivity index (χ1) is 12.7. The van der Waals surface area contributed by atoms with Gasteiger partial charge in [0.15, 0.2) is 0 Å². The zero-order valence-electron chi connectivity index (χ0n) is 15.3. The van der Waals surface area contributed by atoms with Crippen LogP contribution >= 0.6 is 15.9 Å². The summed E-state index contributed by atoms with van der Waals surface area (Å²) in [7, 11) is 1.70. The van der Waals surface area contributed by atoms with Gasteiger partial charge in [-0.05, 0) is 43.4 Å². The van der Waals surface area contributed by atoms with E-state index in [2.05, 4.69) is 40.1 Å². The first-order valence-electron chi connectivity index (χ1n) is 9.08. The number of aromatic nitrogens is 3. The molecule has 0 radical (unpaired) electrons. The summed E-state index contributed by atoms with van der Waals surface area (Å²) in [5.41, 5.74) is 2.98. The SMILES string of the molecule is CCc1ccc2c(n1)=C(OC)CCC=2c1ccc(=O)n(CCCCBr)n1. The zero-order valence-corrected chi connectivity index (χ0v) is 16.9. The lowest BCUT2D eigenvalue weighted by molar-refractivity contribution is 0.346. The molecule has 6 heteroatoms. The van der Waals surface area contributed by atoms with Gasteiger partial charge in [-0.25, -0.2) is 9.67 Å². The number of aryl methyl sites for hydroxylation is 2. The molecule has 2 heterocycles. The van der Waals surface area contributed by atoms with Crippen molar-refractivity contribution in [3.05, 3.63) is 56.6 Å². The first kappa shape index (κ1) is 18.8. The number of unbranched alkanes of at least 4 members (excludes halogenated alkanes) is 1. The maximum Gasteiger partial charge on any atom is 0.266 e. The smallest absolute Gasteiger partial charge is 0.266 e.